The van der Waals surface area contributed by atoms with Gasteiger partial charge in [-0.3, -0.25) is 0 Å². The molecule has 0 saturated carbocycles. The molecule has 3 N–H and O–H groups in total. The molecule has 1 fully saturated rings. The third kappa shape index (κ3) is 8.66. The second-order valence-electron chi connectivity index (χ2n) is 13.8. The van der Waals surface area contributed by atoms with Crippen molar-refractivity contribution < 1.29 is 28.8 Å². The Balaban J connectivity index is 1.35. The average Bonchev–Trinajstić information content (AvgIpc) is 3.47. The summed E-state index contributed by atoms with van der Waals surface area (Å²) < 4.78 is 35.8. The minimum atomic E-state index is -1.76. The molecule has 280 valence electrons. The first-order chi connectivity index (χ1) is 26.3. The molecular formula is C43H45ClN4O6. The van der Waals surface area contributed by atoms with Crippen molar-refractivity contribution in [3.05, 3.63) is 160 Å². The molecule has 1 saturated heterocycles. The normalized spacial score (nSPS) is 23.0. The zero-order chi connectivity index (χ0) is 37.5. The van der Waals surface area contributed by atoms with Gasteiger partial charge in [-0.2, -0.15) is 4.98 Å². The number of nitrogens with two attached hydrogens (primary N) is 1. The zero-order valence-electron chi connectivity index (χ0n) is 30.3. The molecule has 1 aliphatic rings. The number of ether oxygens (including phenoxy) is 5. The van der Waals surface area contributed by atoms with Crippen molar-refractivity contribution >= 4 is 28.6 Å². The molecule has 3 heterocycles. The minimum Gasteiger partial charge on any atom is -0.383 e. The number of hydrogen-bond donors (Lipinski definition) is 2. The van der Waals surface area contributed by atoms with E-state index in [4.69, 9.17) is 41.0 Å². The lowest BCUT2D eigenvalue weighted by Gasteiger charge is -2.40. The van der Waals surface area contributed by atoms with Crippen LogP contribution in [0.1, 0.15) is 41.0 Å². The van der Waals surface area contributed by atoms with E-state index in [-0.39, 0.29) is 37.5 Å². The van der Waals surface area contributed by atoms with E-state index in [9.17, 15) is 5.11 Å². The number of aromatic nitrogens is 3. The average molecular weight is 749 g/mol. The fraction of sp³-hybridized carbons (Fsp3) is 0.302. The maximum atomic E-state index is 13.0. The minimum absolute atomic E-state index is 0.00659. The summed E-state index contributed by atoms with van der Waals surface area (Å²) in [5.41, 5.74) is 9.42. The first kappa shape index (κ1) is 37.7. The van der Waals surface area contributed by atoms with E-state index >= 15 is 0 Å². The molecule has 4 aromatic carbocycles. The third-order valence-corrected chi connectivity index (χ3v) is 9.97. The Morgan fingerprint density at radius 3 is 1.74 bits per heavy atom. The predicted molar refractivity (Wildman–Crippen MR) is 207 cm³/mol. The topological polar surface area (TPSA) is 123 Å². The van der Waals surface area contributed by atoms with Crippen LogP contribution in [-0.4, -0.2) is 56.3 Å². The Labute approximate surface area is 320 Å². The first-order valence-electron chi connectivity index (χ1n) is 18.0. The second kappa shape index (κ2) is 17.2. The SMILES string of the molecule is Cc1cn([C@@H]2O[C@H](COCc3ccccc3)[C@@H](OCc3ccccc3)[C@H](OCc3ccccc3)[C@@H](OCc3ccccc3)[C@@]2(C)O)c2nc(N)nc(Cl)c12. The van der Waals surface area contributed by atoms with Crippen molar-refractivity contribution in [2.45, 2.75) is 76.5 Å². The molecule has 6 aromatic rings. The van der Waals surface area contributed by atoms with Gasteiger partial charge in [0.2, 0.25) is 5.95 Å². The van der Waals surface area contributed by atoms with Gasteiger partial charge in [-0.15, -0.1) is 0 Å². The van der Waals surface area contributed by atoms with E-state index in [1.165, 1.54) is 0 Å². The van der Waals surface area contributed by atoms with Gasteiger partial charge in [-0.1, -0.05) is 133 Å². The van der Waals surface area contributed by atoms with Crippen LogP contribution in [0.25, 0.3) is 11.0 Å². The highest BCUT2D eigenvalue weighted by Gasteiger charge is 2.56. The molecule has 1 aliphatic heterocycles. The van der Waals surface area contributed by atoms with Gasteiger partial charge in [0.15, 0.2) is 6.23 Å². The van der Waals surface area contributed by atoms with Crippen molar-refractivity contribution in [3.8, 4) is 0 Å². The highest BCUT2D eigenvalue weighted by Crippen LogP contribution is 2.42. The van der Waals surface area contributed by atoms with Gasteiger partial charge in [0.05, 0.1) is 38.4 Å². The quantitative estimate of drug-likeness (QED) is 0.109. The highest BCUT2D eigenvalue weighted by atomic mass is 35.5. The highest BCUT2D eigenvalue weighted by molar-refractivity contribution is 6.34. The van der Waals surface area contributed by atoms with Gasteiger partial charge in [0.25, 0.3) is 0 Å². The van der Waals surface area contributed by atoms with Crippen LogP contribution in [0.3, 0.4) is 0 Å². The third-order valence-electron chi connectivity index (χ3n) is 9.69. The number of aryl methyl sites for hydroxylation is 1. The second-order valence-corrected chi connectivity index (χ2v) is 14.1. The van der Waals surface area contributed by atoms with Crippen molar-refractivity contribution in [2.24, 2.45) is 0 Å². The monoisotopic (exact) mass is 748 g/mol. The molecule has 54 heavy (non-hydrogen) atoms. The standard InChI is InChI=1S/C43H45ClN4O6/c1-29-23-48(40-35(29)39(44)46-42(45)47-40)41-43(2,49)38(53-27-33-21-13-6-14-22-33)37(52-26-32-19-11-5-12-20-32)36(51-25-31-17-9-4-10-18-31)34(54-41)28-50-24-30-15-7-3-8-16-30/h3-23,34,36-38,41,49H,24-28H2,1-2H3,(H2,45,46,47)/t34-,36-,37+,38-,41-,43-/m1/s1. The number of nitrogens with zero attached hydrogens (tertiary/aromatic N) is 3. The van der Waals surface area contributed by atoms with Gasteiger partial charge in [-0.05, 0) is 41.7 Å². The van der Waals surface area contributed by atoms with Gasteiger partial charge in [0, 0.05) is 6.20 Å². The van der Waals surface area contributed by atoms with Gasteiger partial charge < -0.3 is 39.1 Å². The molecule has 0 radical (unpaired) electrons. The number of nitrogen functional groups attached to an aromatic ring is 1. The van der Waals surface area contributed by atoms with Crippen molar-refractivity contribution in [3.63, 3.8) is 0 Å². The largest absolute Gasteiger partial charge is 0.383 e. The van der Waals surface area contributed by atoms with E-state index < -0.39 is 36.2 Å². The van der Waals surface area contributed by atoms with E-state index in [0.717, 1.165) is 27.8 Å². The van der Waals surface area contributed by atoms with Crippen LogP contribution in [0.15, 0.2) is 128 Å². The molecule has 2 aromatic heterocycles. The van der Waals surface area contributed by atoms with Crippen LogP contribution < -0.4 is 5.73 Å². The number of benzene rings is 4. The summed E-state index contributed by atoms with van der Waals surface area (Å²) in [4.78, 5) is 8.78. The molecule has 0 spiro atoms. The molecule has 0 aliphatic carbocycles. The fourth-order valence-corrected chi connectivity index (χ4v) is 7.32. The summed E-state index contributed by atoms with van der Waals surface area (Å²) in [6.07, 6.45) is -2.67. The van der Waals surface area contributed by atoms with E-state index in [1.54, 1.807) is 11.5 Å². The lowest BCUT2D eigenvalue weighted by molar-refractivity contribution is -0.219. The van der Waals surface area contributed by atoms with Gasteiger partial charge >= 0.3 is 0 Å². The molecule has 0 unspecified atom stereocenters. The number of aliphatic hydroxyl groups is 1. The van der Waals surface area contributed by atoms with Crippen LogP contribution in [0.5, 0.6) is 0 Å². The molecule has 6 atom stereocenters. The maximum Gasteiger partial charge on any atom is 0.223 e. The summed E-state index contributed by atoms with van der Waals surface area (Å²) in [6, 6.07) is 39.5. The number of anilines is 1. The summed E-state index contributed by atoms with van der Waals surface area (Å²) in [6.45, 7) is 4.70. The lowest BCUT2D eigenvalue weighted by atomic mass is 9.89. The Kier molecular flexibility index (Phi) is 12.0. The molecule has 0 bridgehead atoms. The smallest absolute Gasteiger partial charge is 0.223 e. The number of halogens is 1. The summed E-state index contributed by atoms with van der Waals surface area (Å²) in [5, 5.41) is 13.9. The molecule has 11 heteroatoms. The zero-order valence-corrected chi connectivity index (χ0v) is 31.1. The number of fused-ring (bicyclic) bond motifs is 1. The Morgan fingerprint density at radius 1 is 0.722 bits per heavy atom. The summed E-state index contributed by atoms with van der Waals surface area (Å²) in [5.74, 6) is -0.00659. The van der Waals surface area contributed by atoms with E-state index in [2.05, 4.69) is 9.97 Å². The first-order valence-corrected chi connectivity index (χ1v) is 18.4. The number of rotatable bonds is 14. The van der Waals surface area contributed by atoms with E-state index in [1.807, 2.05) is 134 Å². The Bertz CT molecular complexity index is 2090. The van der Waals surface area contributed by atoms with Crippen molar-refractivity contribution in [1.82, 2.24) is 14.5 Å². The van der Waals surface area contributed by atoms with E-state index in [0.29, 0.717) is 17.6 Å². The predicted octanol–water partition coefficient (Wildman–Crippen LogP) is 7.60. The van der Waals surface area contributed by atoms with Crippen LogP contribution in [0.4, 0.5) is 5.95 Å². The Morgan fingerprint density at radius 2 is 1.20 bits per heavy atom. The summed E-state index contributed by atoms with van der Waals surface area (Å²) in [7, 11) is 0. The molecule has 0 amide bonds. The van der Waals surface area contributed by atoms with Gasteiger partial charge in [0.1, 0.15) is 40.8 Å². The lowest BCUT2D eigenvalue weighted by Crippen LogP contribution is -2.56. The molecule has 10 nitrogen and oxygen atoms in total. The molecular weight excluding hydrogens is 704 g/mol. The number of hydrogen-bond acceptors (Lipinski definition) is 9. The molecule has 7 rings (SSSR count). The van der Waals surface area contributed by atoms with Crippen LogP contribution >= 0.6 is 11.6 Å². The van der Waals surface area contributed by atoms with Gasteiger partial charge in [-0.25, -0.2) is 4.98 Å². The van der Waals surface area contributed by atoms with Crippen molar-refractivity contribution in [1.29, 1.82) is 0 Å². The fourth-order valence-electron chi connectivity index (χ4n) is 7.00. The Hall–Kier alpha value is -4.65. The summed E-state index contributed by atoms with van der Waals surface area (Å²) >= 11 is 6.64. The maximum absolute atomic E-state index is 13.0. The van der Waals surface area contributed by atoms with Crippen LogP contribution in [-0.2, 0) is 50.1 Å². The van der Waals surface area contributed by atoms with Crippen molar-refractivity contribution in [2.75, 3.05) is 12.3 Å². The van der Waals surface area contributed by atoms with Crippen LogP contribution in [0.2, 0.25) is 5.15 Å². The van der Waals surface area contributed by atoms with Crippen LogP contribution in [0, 0.1) is 6.92 Å².